The van der Waals surface area contributed by atoms with Crippen molar-refractivity contribution in [2.75, 3.05) is 13.6 Å². The minimum absolute atomic E-state index is 0.0484. The van der Waals surface area contributed by atoms with Crippen molar-refractivity contribution >= 4 is 11.9 Å². The van der Waals surface area contributed by atoms with Gasteiger partial charge < -0.3 is 15.1 Å². The number of carbonyl (C=O) groups is 2. The first kappa shape index (κ1) is 19.2. The number of aliphatic carboxylic acids is 1. The molecule has 0 radical (unpaired) electrons. The van der Waals surface area contributed by atoms with Gasteiger partial charge in [-0.1, -0.05) is 18.2 Å². The lowest BCUT2D eigenvalue weighted by Crippen LogP contribution is -2.28. The lowest BCUT2D eigenvalue weighted by molar-refractivity contribution is -0.707. The molecule has 0 saturated carbocycles. The van der Waals surface area contributed by atoms with Gasteiger partial charge in [0.25, 0.3) is 6.29 Å². The largest absolute Gasteiger partial charge is 0.569 e. The van der Waals surface area contributed by atoms with Gasteiger partial charge in [0, 0.05) is 13.3 Å². The highest BCUT2D eigenvalue weighted by atomic mass is 16.8. The summed E-state index contributed by atoms with van der Waals surface area (Å²) in [6, 6.07) is 8.36. The van der Waals surface area contributed by atoms with Crippen LogP contribution in [0.25, 0.3) is 0 Å². The molecule has 1 aromatic rings. The van der Waals surface area contributed by atoms with Crippen LogP contribution in [0.3, 0.4) is 0 Å². The molecule has 0 aliphatic rings. The fraction of sp³-hybridized carbons (Fsp3) is 0.467. The maximum atomic E-state index is 11.8. The van der Waals surface area contributed by atoms with Gasteiger partial charge in [-0.25, -0.2) is 4.79 Å². The van der Waals surface area contributed by atoms with Crippen LogP contribution >= 0.6 is 0 Å². The third kappa shape index (κ3) is 7.43. The van der Waals surface area contributed by atoms with Crippen LogP contribution in [0.5, 0.6) is 0 Å². The van der Waals surface area contributed by atoms with E-state index in [2.05, 4.69) is 5.28 Å². The number of carboxylic acid groups (broad SMARTS) is 1. The molecule has 9 heteroatoms. The second-order valence-corrected chi connectivity index (χ2v) is 5.01. The average Bonchev–Trinajstić information content (AvgIpc) is 2.56. The molecule has 0 aliphatic carbocycles. The Morgan fingerprint density at radius 3 is 2.62 bits per heavy atom. The van der Waals surface area contributed by atoms with E-state index in [-0.39, 0.29) is 11.4 Å². The Bertz CT molecular complexity index is 564. The molecule has 0 spiro atoms. The van der Waals surface area contributed by atoms with E-state index in [0.717, 1.165) is 0 Å². The molecule has 0 aromatic heterocycles. The fourth-order valence-corrected chi connectivity index (χ4v) is 1.69. The molecule has 1 aromatic carbocycles. The summed E-state index contributed by atoms with van der Waals surface area (Å²) in [5.74, 6) is -1.46. The number of esters is 1. The van der Waals surface area contributed by atoms with Crippen LogP contribution in [0.15, 0.2) is 35.6 Å². The number of hydrogen-bond donors (Lipinski definition) is 1. The molecule has 1 unspecified atom stereocenters. The molecule has 9 nitrogen and oxygen atoms in total. The quantitative estimate of drug-likeness (QED) is 0.173. The maximum absolute atomic E-state index is 11.8. The van der Waals surface area contributed by atoms with Crippen molar-refractivity contribution in [3.63, 3.8) is 0 Å². The van der Waals surface area contributed by atoms with Crippen LogP contribution in [0.2, 0.25) is 0 Å². The Balaban J connectivity index is 2.35. The Hall–Kier alpha value is -2.84. The van der Waals surface area contributed by atoms with E-state index in [1.54, 1.807) is 30.3 Å². The molecule has 0 saturated heterocycles. The highest BCUT2D eigenvalue weighted by Gasteiger charge is 2.14. The summed E-state index contributed by atoms with van der Waals surface area (Å²) in [4.78, 5) is 27.2. The second kappa shape index (κ2) is 10.0. The van der Waals surface area contributed by atoms with Gasteiger partial charge in [0.2, 0.25) is 5.28 Å². The summed E-state index contributed by atoms with van der Waals surface area (Å²) >= 11 is 0. The first-order valence-corrected chi connectivity index (χ1v) is 7.43. The Kier molecular flexibility index (Phi) is 8.03. The van der Waals surface area contributed by atoms with Gasteiger partial charge in [0.1, 0.15) is 0 Å². The number of benzene rings is 1. The van der Waals surface area contributed by atoms with Gasteiger partial charge in [-0.15, -0.1) is 5.01 Å². The van der Waals surface area contributed by atoms with Gasteiger partial charge in [-0.2, -0.15) is 0 Å². The first-order chi connectivity index (χ1) is 11.4. The molecule has 0 bridgehead atoms. The highest BCUT2D eigenvalue weighted by Crippen LogP contribution is 2.05. The normalized spacial score (nSPS) is 12.3. The predicted molar refractivity (Wildman–Crippen MR) is 82.6 cm³/mol. The molecule has 132 valence electrons. The Morgan fingerprint density at radius 1 is 1.33 bits per heavy atom. The van der Waals surface area contributed by atoms with Crippen LogP contribution in [-0.4, -0.2) is 46.9 Å². The van der Waals surface area contributed by atoms with Crippen LogP contribution in [0, 0.1) is 5.21 Å². The smallest absolute Gasteiger partial charge is 0.341 e. The number of carboxylic acids is 1. The zero-order chi connectivity index (χ0) is 17.9. The fourth-order valence-electron chi connectivity index (χ4n) is 1.69. The Morgan fingerprint density at radius 2 is 2.00 bits per heavy atom. The summed E-state index contributed by atoms with van der Waals surface area (Å²) in [5, 5.41) is 24.7. The molecule has 1 rings (SSSR count). The molecule has 1 N–H and O–H groups in total. The van der Waals surface area contributed by atoms with E-state index in [4.69, 9.17) is 14.7 Å². The van der Waals surface area contributed by atoms with Gasteiger partial charge in [0.05, 0.1) is 24.1 Å². The van der Waals surface area contributed by atoms with E-state index in [1.165, 1.54) is 19.0 Å². The molecule has 0 heterocycles. The van der Waals surface area contributed by atoms with Crippen molar-refractivity contribution < 1.29 is 29.2 Å². The van der Waals surface area contributed by atoms with E-state index in [9.17, 15) is 14.8 Å². The summed E-state index contributed by atoms with van der Waals surface area (Å²) in [6.07, 6.45) is -0.00317. The summed E-state index contributed by atoms with van der Waals surface area (Å²) < 4.78 is 4.99. The third-order valence-electron chi connectivity index (χ3n) is 2.96. The van der Waals surface area contributed by atoms with E-state index in [0.29, 0.717) is 24.9 Å². The lowest BCUT2D eigenvalue weighted by atomic mass is 10.2. The number of carbonyl (C=O) groups excluding carboxylic acids is 1. The van der Waals surface area contributed by atoms with Crippen molar-refractivity contribution in [2.24, 2.45) is 5.28 Å². The molecule has 0 fully saturated rings. The molecule has 0 amide bonds. The van der Waals surface area contributed by atoms with Crippen LogP contribution in [-0.2, 0) is 14.4 Å². The van der Waals surface area contributed by atoms with Crippen LogP contribution < -0.4 is 0 Å². The number of unbranched alkanes of at least 4 members (excludes halogenated alkanes) is 1. The number of hydrogen-bond acceptors (Lipinski definition) is 6. The van der Waals surface area contributed by atoms with Crippen molar-refractivity contribution in [1.82, 2.24) is 5.01 Å². The lowest BCUT2D eigenvalue weighted by Gasteiger charge is -2.14. The van der Waals surface area contributed by atoms with Crippen molar-refractivity contribution in [3.8, 4) is 0 Å². The van der Waals surface area contributed by atoms with Crippen molar-refractivity contribution in [2.45, 2.75) is 32.5 Å². The molecule has 24 heavy (non-hydrogen) atoms. The minimum atomic E-state index is -1.03. The van der Waals surface area contributed by atoms with Gasteiger partial charge in [-0.3, -0.25) is 9.63 Å². The van der Waals surface area contributed by atoms with E-state index >= 15 is 0 Å². The second-order valence-electron chi connectivity index (χ2n) is 5.01. The molecule has 0 aliphatic heterocycles. The minimum Gasteiger partial charge on any atom is -0.569 e. The maximum Gasteiger partial charge on any atom is 0.341 e. The van der Waals surface area contributed by atoms with Gasteiger partial charge in [0.15, 0.2) is 0 Å². The number of rotatable bonds is 10. The SMILES string of the molecule is CC(ON=[N+]([O-])N(C)CCCCC(=O)O)OC(=O)c1ccccc1. The topological polar surface area (TPSA) is 114 Å². The van der Waals surface area contributed by atoms with E-state index in [1.807, 2.05) is 0 Å². The van der Waals surface area contributed by atoms with Crippen LogP contribution in [0.4, 0.5) is 0 Å². The van der Waals surface area contributed by atoms with Gasteiger partial charge >= 0.3 is 11.9 Å². The summed E-state index contributed by atoms with van der Waals surface area (Å²) in [5.41, 5.74) is 0.363. The van der Waals surface area contributed by atoms with Crippen molar-refractivity contribution in [1.29, 1.82) is 0 Å². The Labute approximate surface area is 139 Å². The average molecular weight is 339 g/mol. The van der Waals surface area contributed by atoms with Gasteiger partial charge in [-0.05, 0) is 25.0 Å². The molecular weight excluding hydrogens is 318 g/mol. The standard InChI is InChI=1S/C15H21N3O6/c1-12(23-15(21)13-8-4-3-5-9-13)24-16-18(22)17(2)11-7-6-10-14(19)20/h3-5,8-9,12H,6-7,10-11H2,1-2H3,(H,19,20). The predicted octanol–water partition coefficient (Wildman–Crippen LogP) is 2.19. The van der Waals surface area contributed by atoms with Crippen LogP contribution in [0.1, 0.15) is 36.5 Å². The first-order valence-electron chi connectivity index (χ1n) is 7.43. The number of hydrazine groups is 1. The summed E-state index contributed by atoms with van der Waals surface area (Å²) in [7, 11) is 1.49. The number of ether oxygens (including phenoxy) is 1. The monoisotopic (exact) mass is 339 g/mol. The number of nitrogens with zero attached hydrogens (tertiary/aromatic N) is 3. The summed E-state index contributed by atoms with van der Waals surface area (Å²) in [6.45, 7) is 1.76. The molecular formula is C15H21N3O6. The molecule has 1 atom stereocenters. The zero-order valence-corrected chi connectivity index (χ0v) is 13.6. The third-order valence-corrected chi connectivity index (χ3v) is 2.96. The van der Waals surface area contributed by atoms with Crippen molar-refractivity contribution in [3.05, 3.63) is 41.1 Å². The highest BCUT2D eigenvalue weighted by molar-refractivity contribution is 5.89. The van der Waals surface area contributed by atoms with E-state index < -0.39 is 18.2 Å². The zero-order valence-electron chi connectivity index (χ0n) is 13.6.